The SMILES string of the molecule is O=C1N[C@@H](Cc2ccc(Cl)cc2)C(=O)N2CCCC[C@@H]12. The van der Waals surface area contributed by atoms with Crippen LogP contribution >= 0.6 is 11.6 Å². The highest BCUT2D eigenvalue weighted by molar-refractivity contribution is 6.30. The van der Waals surface area contributed by atoms with Crippen molar-refractivity contribution in [2.45, 2.75) is 37.8 Å². The predicted molar refractivity (Wildman–Crippen MR) is 76.4 cm³/mol. The Morgan fingerprint density at radius 1 is 1.20 bits per heavy atom. The van der Waals surface area contributed by atoms with Crippen LogP contribution in [-0.2, 0) is 16.0 Å². The third-order valence-corrected chi connectivity index (χ3v) is 4.31. The molecule has 5 heteroatoms. The van der Waals surface area contributed by atoms with Crippen LogP contribution in [0.15, 0.2) is 24.3 Å². The van der Waals surface area contributed by atoms with Gasteiger partial charge in [0.2, 0.25) is 11.8 Å². The Morgan fingerprint density at radius 2 is 1.95 bits per heavy atom. The first-order valence-corrected chi connectivity index (χ1v) is 7.38. The number of benzene rings is 1. The lowest BCUT2D eigenvalue weighted by Gasteiger charge is -2.41. The molecule has 0 spiro atoms. The second kappa shape index (κ2) is 5.44. The number of nitrogens with one attached hydrogen (secondary N) is 1. The van der Waals surface area contributed by atoms with Crippen molar-refractivity contribution in [2.24, 2.45) is 0 Å². The lowest BCUT2D eigenvalue weighted by Crippen LogP contribution is -2.64. The van der Waals surface area contributed by atoms with E-state index in [4.69, 9.17) is 11.6 Å². The van der Waals surface area contributed by atoms with E-state index in [1.807, 2.05) is 12.1 Å². The van der Waals surface area contributed by atoms with Crippen molar-refractivity contribution in [1.82, 2.24) is 10.2 Å². The van der Waals surface area contributed by atoms with Gasteiger partial charge in [0, 0.05) is 18.0 Å². The van der Waals surface area contributed by atoms with Crippen molar-refractivity contribution in [1.29, 1.82) is 0 Å². The normalized spacial score (nSPS) is 26.1. The van der Waals surface area contributed by atoms with Gasteiger partial charge in [-0.2, -0.15) is 0 Å². The Balaban J connectivity index is 1.75. The number of halogens is 1. The highest BCUT2D eigenvalue weighted by Crippen LogP contribution is 2.23. The topological polar surface area (TPSA) is 49.4 Å². The van der Waals surface area contributed by atoms with E-state index in [9.17, 15) is 9.59 Å². The fourth-order valence-corrected chi connectivity index (χ4v) is 3.12. The van der Waals surface area contributed by atoms with Crippen LogP contribution in [0.4, 0.5) is 0 Å². The van der Waals surface area contributed by atoms with Gasteiger partial charge in [0.1, 0.15) is 12.1 Å². The van der Waals surface area contributed by atoms with Crippen LogP contribution < -0.4 is 5.32 Å². The summed E-state index contributed by atoms with van der Waals surface area (Å²) in [5.41, 5.74) is 1.00. The van der Waals surface area contributed by atoms with Crippen LogP contribution in [-0.4, -0.2) is 35.3 Å². The Labute approximate surface area is 123 Å². The number of carbonyl (C=O) groups is 2. The summed E-state index contributed by atoms with van der Waals surface area (Å²) >= 11 is 5.85. The Bertz CT molecular complexity index is 529. The van der Waals surface area contributed by atoms with E-state index < -0.39 is 6.04 Å². The molecule has 106 valence electrons. The van der Waals surface area contributed by atoms with Gasteiger partial charge in [-0.05, 0) is 37.0 Å². The molecule has 2 aliphatic rings. The van der Waals surface area contributed by atoms with Crippen molar-refractivity contribution in [3.8, 4) is 0 Å². The van der Waals surface area contributed by atoms with Crippen molar-refractivity contribution in [2.75, 3.05) is 6.54 Å². The average molecular weight is 293 g/mol. The Morgan fingerprint density at radius 3 is 2.70 bits per heavy atom. The van der Waals surface area contributed by atoms with Gasteiger partial charge < -0.3 is 10.2 Å². The zero-order valence-electron chi connectivity index (χ0n) is 11.1. The molecular weight excluding hydrogens is 276 g/mol. The number of hydrogen-bond donors (Lipinski definition) is 1. The number of carbonyl (C=O) groups excluding carboxylic acids is 2. The summed E-state index contributed by atoms with van der Waals surface area (Å²) in [4.78, 5) is 26.3. The molecule has 3 rings (SSSR count). The van der Waals surface area contributed by atoms with Gasteiger partial charge in [-0.15, -0.1) is 0 Å². The van der Waals surface area contributed by atoms with E-state index in [0.29, 0.717) is 18.0 Å². The minimum atomic E-state index is -0.446. The summed E-state index contributed by atoms with van der Waals surface area (Å²) < 4.78 is 0. The number of amides is 2. The average Bonchev–Trinajstić information content (AvgIpc) is 2.47. The summed E-state index contributed by atoms with van der Waals surface area (Å²) in [6.45, 7) is 0.702. The summed E-state index contributed by atoms with van der Waals surface area (Å²) in [5.74, 6) is 0.0347. The van der Waals surface area contributed by atoms with Crippen molar-refractivity contribution < 1.29 is 9.59 Å². The standard InChI is InChI=1S/C15H17ClN2O2/c16-11-6-4-10(5-7-11)9-12-15(20)18-8-2-1-3-13(18)14(19)17-12/h4-7,12-13H,1-3,8-9H2,(H,17,19)/t12-,13-/m0/s1. The second-order valence-electron chi connectivity index (χ2n) is 5.43. The van der Waals surface area contributed by atoms with Gasteiger partial charge in [0.15, 0.2) is 0 Å². The quantitative estimate of drug-likeness (QED) is 0.903. The number of fused-ring (bicyclic) bond motifs is 1. The molecular formula is C15H17ClN2O2. The van der Waals surface area contributed by atoms with E-state index in [0.717, 1.165) is 24.8 Å². The smallest absolute Gasteiger partial charge is 0.246 e. The number of piperazine rings is 1. The molecule has 20 heavy (non-hydrogen) atoms. The largest absolute Gasteiger partial charge is 0.342 e. The van der Waals surface area contributed by atoms with Crippen molar-refractivity contribution in [3.05, 3.63) is 34.9 Å². The molecule has 0 radical (unpaired) electrons. The molecule has 0 bridgehead atoms. The maximum atomic E-state index is 12.5. The molecule has 2 fully saturated rings. The first-order chi connectivity index (χ1) is 9.65. The molecule has 1 aromatic rings. The van der Waals surface area contributed by atoms with E-state index in [1.165, 1.54) is 0 Å². The van der Waals surface area contributed by atoms with E-state index in [2.05, 4.69) is 5.32 Å². The van der Waals surface area contributed by atoms with Crippen LogP contribution in [0.5, 0.6) is 0 Å². The van der Waals surface area contributed by atoms with Gasteiger partial charge in [-0.25, -0.2) is 0 Å². The summed E-state index contributed by atoms with van der Waals surface area (Å²) in [6, 6.07) is 6.69. The molecule has 1 aromatic carbocycles. The van der Waals surface area contributed by atoms with Crippen LogP contribution in [0, 0.1) is 0 Å². The summed E-state index contributed by atoms with van der Waals surface area (Å²) in [6.07, 6.45) is 3.31. The van der Waals surface area contributed by atoms with Crippen LogP contribution in [0.3, 0.4) is 0 Å². The van der Waals surface area contributed by atoms with Crippen LogP contribution in [0.25, 0.3) is 0 Å². The van der Waals surface area contributed by atoms with Crippen LogP contribution in [0.1, 0.15) is 24.8 Å². The second-order valence-corrected chi connectivity index (χ2v) is 5.87. The minimum absolute atomic E-state index is 0.0109. The fraction of sp³-hybridized carbons (Fsp3) is 0.467. The van der Waals surface area contributed by atoms with Gasteiger partial charge in [0.25, 0.3) is 0 Å². The molecule has 2 atom stereocenters. The zero-order valence-corrected chi connectivity index (χ0v) is 11.9. The highest BCUT2D eigenvalue weighted by Gasteiger charge is 2.41. The van der Waals surface area contributed by atoms with E-state index in [1.54, 1.807) is 17.0 Å². The minimum Gasteiger partial charge on any atom is -0.342 e. The summed E-state index contributed by atoms with van der Waals surface area (Å²) in [7, 11) is 0. The van der Waals surface area contributed by atoms with Gasteiger partial charge in [-0.3, -0.25) is 9.59 Å². The number of hydrogen-bond acceptors (Lipinski definition) is 2. The third-order valence-electron chi connectivity index (χ3n) is 4.06. The first kappa shape index (κ1) is 13.4. The summed E-state index contributed by atoms with van der Waals surface area (Å²) in [5, 5.41) is 3.54. The monoisotopic (exact) mass is 292 g/mol. The molecule has 0 aromatic heterocycles. The van der Waals surface area contributed by atoms with Crippen molar-refractivity contribution in [3.63, 3.8) is 0 Å². The molecule has 0 saturated carbocycles. The van der Waals surface area contributed by atoms with Gasteiger partial charge >= 0.3 is 0 Å². The number of piperidine rings is 1. The number of nitrogens with zero attached hydrogens (tertiary/aromatic N) is 1. The number of rotatable bonds is 2. The van der Waals surface area contributed by atoms with Gasteiger partial charge in [-0.1, -0.05) is 23.7 Å². The molecule has 2 saturated heterocycles. The molecule has 4 nitrogen and oxygen atoms in total. The van der Waals surface area contributed by atoms with Crippen molar-refractivity contribution >= 4 is 23.4 Å². The molecule has 2 heterocycles. The van der Waals surface area contributed by atoms with E-state index in [-0.39, 0.29) is 17.9 Å². The third kappa shape index (κ3) is 2.52. The fourth-order valence-electron chi connectivity index (χ4n) is 2.99. The Hall–Kier alpha value is -1.55. The predicted octanol–water partition coefficient (Wildman–Crippen LogP) is 1.76. The Kier molecular flexibility index (Phi) is 3.66. The maximum absolute atomic E-state index is 12.5. The van der Waals surface area contributed by atoms with Gasteiger partial charge in [0.05, 0.1) is 0 Å². The highest BCUT2D eigenvalue weighted by atomic mass is 35.5. The molecule has 1 N–H and O–H groups in total. The molecule has 0 unspecified atom stereocenters. The molecule has 2 aliphatic heterocycles. The maximum Gasteiger partial charge on any atom is 0.246 e. The lowest BCUT2D eigenvalue weighted by atomic mass is 9.94. The lowest BCUT2D eigenvalue weighted by molar-refractivity contribution is -0.151. The van der Waals surface area contributed by atoms with E-state index >= 15 is 0 Å². The zero-order chi connectivity index (χ0) is 14.1. The molecule has 0 aliphatic carbocycles. The van der Waals surface area contributed by atoms with Crippen LogP contribution in [0.2, 0.25) is 5.02 Å². The molecule has 2 amide bonds. The first-order valence-electron chi connectivity index (χ1n) is 7.00.